The maximum absolute atomic E-state index is 11.7. The van der Waals surface area contributed by atoms with Gasteiger partial charge in [-0.25, -0.2) is 5.48 Å². The van der Waals surface area contributed by atoms with E-state index in [1.807, 2.05) is 27.7 Å². The lowest BCUT2D eigenvalue weighted by Crippen LogP contribution is -2.32. The van der Waals surface area contributed by atoms with Crippen LogP contribution >= 0.6 is 0 Å². The van der Waals surface area contributed by atoms with Crippen molar-refractivity contribution >= 4 is 5.91 Å². The Hall–Kier alpha value is -0.780. The molecule has 0 aromatic heterocycles. The third-order valence-corrected chi connectivity index (χ3v) is 2.39. The van der Waals surface area contributed by atoms with Gasteiger partial charge in [-0.3, -0.25) is 9.63 Å². The Morgan fingerprint density at radius 3 is 2.19 bits per heavy atom. The van der Waals surface area contributed by atoms with Crippen molar-refractivity contribution in [3.05, 3.63) is 0 Å². The quantitative estimate of drug-likeness (QED) is 0.768. The summed E-state index contributed by atoms with van der Waals surface area (Å²) < 4.78 is 35.0. The first-order valence-electron chi connectivity index (χ1n) is 5.00. The highest BCUT2D eigenvalue weighted by molar-refractivity contribution is 5.75. The zero-order valence-corrected chi connectivity index (χ0v) is 9.94. The number of alkyl halides is 3. The van der Waals surface area contributed by atoms with Crippen molar-refractivity contribution in [3.63, 3.8) is 0 Å². The first kappa shape index (κ1) is 15.2. The molecule has 0 radical (unpaired) electrons. The van der Waals surface area contributed by atoms with E-state index < -0.39 is 18.7 Å². The molecule has 1 unspecified atom stereocenters. The van der Waals surface area contributed by atoms with E-state index in [-0.39, 0.29) is 17.8 Å². The Balaban J connectivity index is 3.84. The minimum atomic E-state index is -4.43. The monoisotopic (exact) mass is 241 g/mol. The molecule has 0 heterocycles. The number of hydroxylamine groups is 1. The molecular weight excluding hydrogens is 223 g/mol. The van der Waals surface area contributed by atoms with E-state index in [4.69, 9.17) is 0 Å². The van der Waals surface area contributed by atoms with Crippen LogP contribution in [0.15, 0.2) is 0 Å². The molecule has 3 nitrogen and oxygen atoms in total. The molecule has 1 atom stereocenters. The number of hydrogen-bond donors (Lipinski definition) is 1. The standard InChI is InChI=1S/C10H18F3NO2/c1-7(9(2,3)4)5-8(15)14-16-6-10(11,12)13/h7H,5-6H2,1-4H3,(H,14,15). The van der Waals surface area contributed by atoms with Crippen LogP contribution in [0.1, 0.15) is 34.1 Å². The van der Waals surface area contributed by atoms with E-state index in [0.29, 0.717) is 0 Å². The summed E-state index contributed by atoms with van der Waals surface area (Å²) in [5.74, 6) is -0.478. The molecule has 0 bridgehead atoms. The van der Waals surface area contributed by atoms with Gasteiger partial charge in [0.1, 0.15) is 0 Å². The molecule has 0 spiro atoms. The summed E-state index contributed by atoms with van der Waals surface area (Å²) in [5, 5.41) is 0. The number of carbonyl (C=O) groups is 1. The number of nitrogens with one attached hydrogen (secondary N) is 1. The number of carbonyl (C=O) groups excluding carboxylic acids is 1. The van der Waals surface area contributed by atoms with Crippen LogP contribution in [0.5, 0.6) is 0 Å². The third kappa shape index (κ3) is 7.50. The Morgan fingerprint density at radius 1 is 1.31 bits per heavy atom. The van der Waals surface area contributed by atoms with E-state index in [0.717, 1.165) is 0 Å². The van der Waals surface area contributed by atoms with Gasteiger partial charge in [0.2, 0.25) is 5.91 Å². The zero-order valence-electron chi connectivity index (χ0n) is 9.94. The predicted molar refractivity (Wildman–Crippen MR) is 53.4 cm³/mol. The van der Waals surface area contributed by atoms with Gasteiger partial charge in [-0.15, -0.1) is 0 Å². The van der Waals surface area contributed by atoms with Crippen molar-refractivity contribution in [1.29, 1.82) is 0 Å². The minimum absolute atomic E-state index is 0.0574. The topological polar surface area (TPSA) is 38.3 Å². The Kier molecular flexibility index (Phi) is 5.25. The molecule has 1 amide bonds. The molecule has 0 rings (SSSR count). The van der Waals surface area contributed by atoms with E-state index in [1.54, 1.807) is 5.48 Å². The Labute approximate surface area is 93.3 Å². The molecule has 0 aliphatic rings. The van der Waals surface area contributed by atoms with Gasteiger partial charge in [-0.05, 0) is 11.3 Å². The summed E-state index contributed by atoms with van der Waals surface area (Å²) >= 11 is 0. The van der Waals surface area contributed by atoms with E-state index in [2.05, 4.69) is 4.84 Å². The average Bonchev–Trinajstić information content (AvgIpc) is 1.99. The van der Waals surface area contributed by atoms with Crippen molar-refractivity contribution in [2.45, 2.75) is 40.3 Å². The summed E-state index contributed by atoms with van der Waals surface area (Å²) in [4.78, 5) is 15.2. The van der Waals surface area contributed by atoms with Crippen molar-refractivity contribution in [3.8, 4) is 0 Å². The summed E-state index contributed by atoms with van der Waals surface area (Å²) in [7, 11) is 0. The van der Waals surface area contributed by atoms with Gasteiger partial charge in [0.25, 0.3) is 0 Å². The fourth-order valence-corrected chi connectivity index (χ4v) is 0.824. The van der Waals surface area contributed by atoms with Crippen molar-refractivity contribution in [1.82, 2.24) is 5.48 Å². The molecule has 16 heavy (non-hydrogen) atoms. The van der Waals surface area contributed by atoms with Crippen LogP contribution in [0.4, 0.5) is 13.2 Å². The van der Waals surface area contributed by atoms with Gasteiger partial charge < -0.3 is 0 Å². The number of hydrogen-bond acceptors (Lipinski definition) is 2. The molecule has 6 heteroatoms. The lowest BCUT2D eigenvalue weighted by atomic mass is 9.80. The largest absolute Gasteiger partial charge is 0.414 e. The number of halogens is 3. The van der Waals surface area contributed by atoms with Gasteiger partial charge in [0.15, 0.2) is 6.61 Å². The van der Waals surface area contributed by atoms with Gasteiger partial charge >= 0.3 is 6.18 Å². The van der Waals surface area contributed by atoms with Crippen LogP contribution in [0, 0.1) is 11.3 Å². The minimum Gasteiger partial charge on any atom is -0.273 e. The van der Waals surface area contributed by atoms with Crippen LogP contribution in [0.3, 0.4) is 0 Å². The molecule has 0 aromatic rings. The average molecular weight is 241 g/mol. The molecule has 0 aliphatic heterocycles. The number of rotatable bonds is 4. The zero-order chi connectivity index (χ0) is 13.0. The van der Waals surface area contributed by atoms with Crippen LogP contribution in [-0.2, 0) is 9.63 Å². The van der Waals surface area contributed by atoms with E-state index in [9.17, 15) is 18.0 Å². The van der Waals surface area contributed by atoms with Crippen molar-refractivity contribution in [2.24, 2.45) is 11.3 Å². The predicted octanol–water partition coefficient (Wildman–Crippen LogP) is 2.67. The first-order valence-corrected chi connectivity index (χ1v) is 5.00. The maximum atomic E-state index is 11.7. The first-order chi connectivity index (χ1) is 7.02. The lowest BCUT2D eigenvalue weighted by molar-refractivity contribution is -0.192. The Morgan fingerprint density at radius 2 is 1.81 bits per heavy atom. The maximum Gasteiger partial charge on any atom is 0.414 e. The SMILES string of the molecule is CC(CC(=O)NOCC(F)(F)F)C(C)(C)C. The fraction of sp³-hybridized carbons (Fsp3) is 0.900. The molecule has 0 aliphatic carbocycles. The van der Waals surface area contributed by atoms with Gasteiger partial charge in [0, 0.05) is 6.42 Å². The van der Waals surface area contributed by atoms with Gasteiger partial charge in [-0.2, -0.15) is 13.2 Å². The van der Waals surface area contributed by atoms with Crippen LogP contribution in [0.25, 0.3) is 0 Å². The molecule has 0 saturated heterocycles. The lowest BCUT2D eigenvalue weighted by Gasteiger charge is -2.26. The second-order valence-electron chi connectivity index (χ2n) is 4.90. The second kappa shape index (κ2) is 5.52. The molecule has 0 saturated carbocycles. The highest BCUT2D eigenvalue weighted by Crippen LogP contribution is 2.27. The van der Waals surface area contributed by atoms with E-state index in [1.165, 1.54) is 0 Å². The fourth-order valence-electron chi connectivity index (χ4n) is 0.824. The normalized spacial score (nSPS) is 14.7. The molecular formula is C10H18F3NO2. The van der Waals surface area contributed by atoms with Crippen LogP contribution < -0.4 is 5.48 Å². The second-order valence-corrected chi connectivity index (χ2v) is 4.90. The van der Waals surface area contributed by atoms with Crippen molar-refractivity contribution < 1.29 is 22.8 Å². The highest BCUT2D eigenvalue weighted by Gasteiger charge is 2.28. The summed E-state index contributed by atoms with van der Waals surface area (Å²) in [5.41, 5.74) is 1.72. The summed E-state index contributed by atoms with van der Waals surface area (Å²) in [6, 6.07) is 0. The highest BCUT2D eigenvalue weighted by atomic mass is 19.4. The van der Waals surface area contributed by atoms with Crippen LogP contribution in [-0.4, -0.2) is 18.7 Å². The smallest absolute Gasteiger partial charge is 0.273 e. The molecule has 0 fully saturated rings. The third-order valence-electron chi connectivity index (χ3n) is 2.39. The van der Waals surface area contributed by atoms with Gasteiger partial charge in [0.05, 0.1) is 0 Å². The van der Waals surface area contributed by atoms with E-state index >= 15 is 0 Å². The molecule has 1 N–H and O–H groups in total. The molecule has 96 valence electrons. The Bertz CT molecular complexity index is 233. The van der Waals surface area contributed by atoms with Crippen LogP contribution in [0.2, 0.25) is 0 Å². The summed E-state index contributed by atoms with van der Waals surface area (Å²) in [6.07, 6.45) is -4.29. The van der Waals surface area contributed by atoms with Crippen molar-refractivity contribution in [2.75, 3.05) is 6.61 Å². The van der Waals surface area contributed by atoms with Gasteiger partial charge in [-0.1, -0.05) is 27.7 Å². The number of amides is 1. The molecule has 0 aromatic carbocycles. The summed E-state index contributed by atoms with van der Waals surface area (Å²) in [6.45, 7) is 6.27.